The third-order valence-electron chi connectivity index (χ3n) is 3.95. The molecule has 1 amide bonds. The van der Waals surface area contributed by atoms with Gasteiger partial charge in [-0.15, -0.1) is 0 Å². The normalized spacial score (nSPS) is 10.4. The van der Waals surface area contributed by atoms with Gasteiger partial charge in [-0.1, -0.05) is 29.1 Å². The molecule has 1 N–H and O–H groups in total. The number of aryl methyl sites for hydroxylation is 1. The van der Waals surface area contributed by atoms with Crippen molar-refractivity contribution in [2.24, 2.45) is 0 Å². The molecule has 3 rings (SSSR count). The van der Waals surface area contributed by atoms with Crippen LogP contribution in [0.25, 0.3) is 11.3 Å². The molecular weight excluding hydrogens is 410 g/mol. The van der Waals surface area contributed by atoms with Gasteiger partial charge >= 0.3 is 5.97 Å². The molecule has 9 nitrogen and oxygen atoms in total. The molecule has 0 unspecified atom stereocenters. The zero-order chi connectivity index (χ0) is 21.7. The summed E-state index contributed by atoms with van der Waals surface area (Å²) >= 11 is 1.01. The second-order valence-electron chi connectivity index (χ2n) is 5.92. The molecule has 156 valence electrons. The number of carbonyl (C=O) groups excluding carboxylic acids is 2. The first-order valence-electron chi connectivity index (χ1n) is 8.72. The van der Waals surface area contributed by atoms with E-state index in [1.54, 1.807) is 32.2 Å². The zero-order valence-electron chi connectivity index (χ0n) is 16.6. The van der Waals surface area contributed by atoms with E-state index in [1.807, 2.05) is 0 Å². The monoisotopic (exact) mass is 429 g/mol. The predicted octanol–water partition coefficient (Wildman–Crippen LogP) is 3.72. The average molecular weight is 429 g/mol. The van der Waals surface area contributed by atoms with Crippen molar-refractivity contribution in [2.45, 2.75) is 6.92 Å². The highest BCUT2D eigenvalue weighted by molar-refractivity contribution is 7.17. The fourth-order valence-corrected chi connectivity index (χ4v) is 3.36. The Morgan fingerprint density at radius 3 is 2.70 bits per heavy atom. The van der Waals surface area contributed by atoms with Gasteiger partial charge in [0.25, 0.3) is 5.91 Å². The van der Waals surface area contributed by atoms with E-state index >= 15 is 0 Å². The van der Waals surface area contributed by atoms with Gasteiger partial charge in [0.1, 0.15) is 11.5 Å². The van der Waals surface area contributed by atoms with E-state index < -0.39 is 11.9 Å². The van der Waals surface area contributed by atoms with Crippen LogP contribution in [-0.2, 0) is 4.74 Å². The van der Waals surface area contributed by atoms with Crippen LogP contribution in [0.15, 0.2) is 41.4 Å². The van der Waals surface area contributed by atoms with E-state index in [2.05, 4.69) is 22.0 Å². The van der Waals surface area contributed by atoms with Crippen LogP contribution >= 0.6 is 11.3 Å². The van der Waals surface area contributed by atoms with Gasteiger partial charge in [-0.2, -0.15) is 0 Å². The maximum absolute atomic E-state index is 12.5. The molecule has 2 heterocycles. The molecule has 0 saturated heterocycles. The molecule has 10 heteroatoms. The Balaban J connectivity index is 1.74. The summed E-state index contributed by atoms with van der Waals surface area (Å²) in [7, 11) is 3.07. The number of anilines is 1. The number of nitrogens with one attached hydrogen (secondary N) is 1. The lowest BCUT2D eigenvalue weighted by Gasteiger charge is -2.07. The molecular formula is C20H19N3O6S. The minimum atomic E-state index is -0.525. The van der Waals surface area contributed by atoms with Crippen molar-refractivity contribution in [3.8, 4) is 22.8 Å². The summed E-state index contributed by atoms with van der Waals surface area (Å²) in [5, 5.41) is 6.66. The summed E-state index contributed by atoms with van der Waals surface area (Å²) in [6, 6.07) is 6.69. The second-order valence-corrected chi connectivity index (χ2v) is 6.92. The topological polar surface area (TPSA) is 113 Å². The van der Waals surface area contributed by atoms with Crippen LogP contribution in [0.2, 0.25) is 0 Å². The van der Waals surface area contributed by atoms with Crippen LogP contribution in [0, 0.1) is 6.92 Å². The molecule has 0 radical (unpaired) electrons. The molecule has 2 aromatic heterocycles. The van der Waals surface area contributed by atoms with Gasteiger partial charge < -0.3 is 18.7 Å². The number of esters is 1. The van der Waals surface area contributed by atoms with Crippen LogP contribution < -0.4 is 14.8 Å². The van der Waals surface area contributed by atoms with Crippen molar-refractivity contribution < 1.29 is 28.3 Å². The van der Waals surface area contributed by atoms with Gasteiger partial charge in [0, 0.05) is 11.6 Å². The van der Waals surface area contributed by atoms with Crippen LogP contribution in [0.5, 0.6) is 11.5 Å². The maximum Gasteiger partial charge on any atom is 0.350 e. The van der Waals surface area contributed by atoms with Gasteiger partial charge in [0.05, 0.1) is 19.9 Å². The summed E-state index contributed by atoms with van der Waals surface area (Å²) in [5.74, 6) is 0.421. The number of benzene rings is 1. The number of rotatable bonds is 8. The van der Waals surface area contributed by atoms with E-state index in [4.69, 9.17) is 18.7 Å². The number of carbonyl (C=O) groups is 2. The molecule has 30 heavy (non-hydrogen) atoms. The SMILES string of the molecule is C=CCOC(=O)c1sc(NC(=O)c2cc(-c3ccc(OC)c(OC)c3)on2)nc1C. The quantitative estimate of drug-likeness (QED) is 0.426. The van der Waals surface area contributed by atoms with E-state index in [-0.39, 0.29) is 17.4 Å². The minimum Gasteiger partial charge on any atom is -0.493 e. The summed E-state index contributed by atoms with van der Waals surface area (Å²) in [6.45, 7) is 5.24. The molecule has 0 aliphatic carbocycles. The van der Waals surface area contributed by atoms with Gasteiger partial charge in [0.15, 0.2) is 28.1 Å². The van der Waals surface area contributed by atoms with E-state index in [9.17, 15) is 9.59 Å². The number of amides is 1. The lowest BCUT2D eigenvalue weighted by atomic mass is 10.1. The fourth-order valence-electron chi connectivity index (χ4n) is 2.51. The maximum atomic E-state index is 12.5. The summed E-state index contributed by atoms with van der Waals surface area (Å²) in [6.07, 6.45) is 1.47. The van der Waals surface area contributed by atoms with E-state index in [0.29, 0.717) is 33.4 Å². The Morgan fingerprint density at radius 2 is 2.00 bits per heavy atom. The molecule has 0 bridgehead atoms. The highest BCUT2D eigenvalue weighted by Gasteiger charge is 2.20. The Bertz CT molecular complexity index is 1090. The molecule has 0 spiro atoms. The largest absolute Gasteiger partial charge is 0.493 e. The molecule has 0 aliphatic heterocycles. The van der Waals surface area contributed by atoms with Gasteiger partial charge in [-0.25, -0.2) is 9.78 Å². The third kappa shape index (κ3) is 4.49. The van der Waals surface area contributed by atoms with Crippen molar-refractivity contribution in [3.63, 3.8) is 0 Å². The first-order valence-corrected chi connectivity index (χ1v) is 9.54. The Morgan fingerprint density at radius 1 is 1.23 bits per heavy atom. The number of hydrogen-bond donors (Lipinski definition) is 1. The predicted molar refractivity (Wildman–Crippen MR) is 110 cm³/mol. The fraction of sp³-hybridized carbons (Fsp3) is 0.200. The van der Waals surface area contributed by atoms with Gasteiger partial charge in [-0.3, -0.25) is 10.1 Å². The molecule has 3 aromatic rings. The van der Waals surface area contributed by atoms with E-state index in [1.165, 1.54) is 19.3 Å². The first kappa shape index (κ1) is 21.1. The molecule has 0 saturated carbocycles. The van der Waals surface area contributed by atoms with E-state index in [0.717, 1.165) is 11.3 Å². The Hall–Kier alpha value is -3.66. The van der Waals surface area contributed by atoms with Crippen molar-refractivity contribution in [1.82, 2.24) is 10.1 Å². The highest BCUT2D eigenvalue weighted by Crippen LogP contribution is 2.32. The highest BCUT2D eigenvalue weighted by atomic mass is 32.1. The second kappa shape index (κ2) is 9.23. The lowest BCUT2D eigenvalue weighted by molar-refractivity contribution is 0.0554. The number of hydrogen-bond acceptors (Lipinski definition) is 9. The van der Waals surface area contributed by atoms with Crippen LogP contribution in [0.3, 0.4) is 0 Å². The number of ether oxygens (including phenoxy) is 3. The first-order chi connectivity index (χ1) is 14.5. The molecule has 0 fully saturated rings. The van der Waals surface area contributed by atoms with Crippen molar-refractivity contribution in [1.29, 1.82) is 0 Å². The summed E-state index contributed by atoms with van der Waals surface area (Å²) < 4.78 is 20.8. The van der Waals surface area contributed by atoms with Crippen molar-refractivity contribution >= 4 is 28.3 Å². The Kier molecular flexibility index (Phi) is 6.48. The summed E-state index contributed by atoms with van der Waals surface area (Å²) in [4.78, 5) is 29.0. The zero-order valence-corrected chi connectivity index (χ0v) is 17.4. The van der Waals surface area contributed by atoms with Gasteiger partial charge in [-0.05, 0) is 25.1 Å². The molecule has 1 aromatic carbocycles. The van der Waals surface area contributed by atoms with Crippen LogP contribution in [0.4, 0.5) is 5.13 Å². The summed E-state index contributed by atoms with van der Waals surface area (Å²) in [5.41, 5.74) is 1.18. The minimum absolute atomic E-state index is 0.0587. The molecule has 0 aliphatic rings. The third-order valence-corrected chi connectivity index (χ3v) is 5.00. The van der Waals surface area contributed by atoms with Gasteiger partial charge in [0.2, 0.25) is 0 Å². The average Bonchev–Trinajstić information content (AvgIpc) is 3.38. The lowest BCUT2D eigenvalue weighted by Crippen LogP contribution is -2.11. The number of nitrogens with zero attached hydrogens (tertiary/aromatic N) is 2. The molecule has 0 atom stereocenters. The van der Waals surface area contributed by atoms with Crippen LogP contribution in [0.1, 0.15) is 25.9 Å². The number of aromatic nitrogens is 2. The standard InChI is InChI=1S/C20H19N3O6S/c1-5-8-28-19(25)17-11(2)21-20(30-17)22-18(24)13-10-15(29-23-13)12-6-7-14(26-3)16(9-12)27-4/h5-7,9-10H,1,8H2,2-4H3,(H,21,22,24). The Labute approximate surface area is 176 Å². The van der Waals surface area contributed by atoms with Crippen molar-refractivity contribution in [2.75, 3.05) is 26.1 Å². The smallest absolute Gasteiger partial charge is 0.350 e. The number of methoxy groups -OCH3 is 2. The van der Waals surface area contributed by atoms with Crippen molar-refractivity contribution in [3.05, 3.63) is 53.2 Å². The van der Waals surface area contributed by atoms with Crippen LogP contribution in [-0.4, -0.2) is 42.8 Å². The number of thiazole rings is 1.